The second kappa shape index (κ2) is 12.7. The molecular weight excluding hydrogens is 612 g/mol. The Bertz CT molecular complexity index is 1320. The van der Waals surface area contributed by atoms with Gasteiger partial charge in [-0.25, -0.2) is 0 Å². The van der Waals surface area contributed by atoms with E-state index < -0.39 is 17.0 Å². The molecule has 10 atom stereocenters. The molecule has 0 spiro atoms. The number of carboxylic acid groups (broad SMARTS) is 1. The highest BCUT2D eigenvalue weighted by atomic mass is 16.6. The molecule has 1 N–H and O–H groups in total. The monoisotopic (exact) mass is 683 g/mol. The molecule has 0 bridgehead atoms. The zero-order chi connectivity index (χ0) is 36.6. The van der Waals surface area contributed by atoms with Crippen LogP contribution in [0.2, 0.25) is 0 Å². The predicted octanol–water partition coefficient (Wildman–Crippen LogP) is 10.6. The lowest BCUT2D eigenvalue weighted by Gasteiger charge is -2.73. The van der Waals surface area contributed by atoms with Crippen LogP contribution in [0.5, 0.6) is 0 Å². The van der Waals surface area contributed by atoms with Crippen LogP contribution < -0.4 is 0 Å². The average Bonchev–Trinajstić information content (AvgIpc) is 3.32. The molecule has 278 valence electrons. The van der Waals surface area contributed by atoms with E-state index in [-0.39, 0.29) is 58.0 Å². The number of allylic oxidation sites excluding steroid dienone is 1. The third kappa shape index (κ3) is 6.67. The molecule has 5 aliphatic rings. The molecule has 0 aromatic rings. The van der Waals surface area contributed by atoms with Gasteiger partial charge in [0.25, 0.3) is 0 Å². The van der Waals surface area contributed by atoms with E-state index >= 15 is 0 Å². The molecule has 0 amide bonds. The summed E-state index contributed by atoms with van der Waals surface area (Å²) in [6.45, 7) is 28.9. The summed E-state index contributed by atoms with van der Waals surface area (Å²) in [5, 5.41) is 9.33. The summed E-state index contributed by atoms with van der Waals surface area (Å²) in [5.74, 6) is 1.61. The highest BCUT2D eigenvalue weighted by molar-refractivity contribution is 5.73. The average molecular weight is 683 g/mol. The first-order valence-electron chi connectivity index (χ1n) is 19.7. The number of rotatable bonds is 9. The Labute approximate surface area is 298 Å². The smallest absolute Gasteiger partial charge is 0.306 e. The number of ether oxygens (including phenoxy) is 2. The Morgan fingerprint density at radius 2 is 1.45 bits per heavy atom. The van der Waals surface area contributed by atoms with Crippen molar-refractivity contribution in [3.8, 4) is 0 Å². The summed E-state index contributed by atoms with van der Waals surface area (Å²) < 4.78 is 12.1. The van der Waals surface area contributed by atoms with Gasteiger partial charge in [-0.3, -0.25) is 14.4 Å². The first kappa shape index (κ1) is 38.4. The Morgan fingerprint density at radius 1 is 0.776 bits per heavy atom. The van der Waals surface area contributed by atoms with Crippen molar-refractivity contribution >= 4 is 17.9 Å². The topological polar surface area (TPSA) is 89.9 Å². The van der Waals surface area contributed by atoms with Gasteiger partial charge in [0.1, 0.15) is 11.7 Å². The molecule has 5 aliphatic carbocycles. The van der Waals surface area contributed by atoms with Crippen molar-refractivity contribution in [2.45, 2.75) is 178 Å². The number of hydrogen-bond acceptors (Lipinski definition) is 5. The molecule has 4 unspecified atom stereocenters. The zero-order valence-electron chi connectivity index (χ0n) is 33.1. The quantitative estimate of drug-likeness (QED) is 0.192. The molecule has 0 aromatic heterocycles. The first-order chi connectivity index (χ1) is 22.4. The van der Waals surface area contributed by atoms with Crippen molar-refractivity contribution < 1.29 is 29.0 Å². The third-order valence-corrected chi connectivity index (χ3v) is 16.0. The highest BCUT2D eigenvalue weighted by Gasteiger charge is 2.71. The van der Waals surface area contributed by atoms with E-state index in [9.17, 15) is 19.5 Å². The molecule has 0 saturated heterocycles. The van der Waals surface area contributed by atoms with E-state index in [1.807, 2.05) is 34.6 Å². The van der Waals surface area contributed by atoms with Crippen molar-refractivity contribution in [2.75, 3.05) is 0 Å². The maximum absolute atomic E-state index is 13.2. The van der Waals surface area contributed by atoms with Gasteiger partial charge in [0.2, 0.25) is 0 Å². The lowest BCUT2D eigenvalue weighted by Crippen LogP contribution is -2.66. The second-order valence-corrected chi connectivity index (χ2v) is 20.9. The van der Waals surface area contributed by atoms with Gasteiger partial charge in [-0.2, -0.15) is 0 Å². The summed E-state index contributed by atoms with van der Waals surface area (Å²) in [4.78, 5) is 37.6. The van der Waals surface area contributed by atoms with Crippen molar-refractivity contribution in [1.29, 1.82) is 0 Å². The van der Waals surface area contributed by atoms with E-state index in [2.05, 4.69) is 48.1 Å². The fourth-order valence-corrected chi connectivity index (χ4v) is 13.7. The van der Waals surface area contributed by atoms with Gasteiger partial charge >= 0.3 is 17.9 Å². The molecule has 5 rings (SSSR count). The third-order valence-electron chi connectivity index (χ3n) is 16.0. The molecule has 0 aromatic carbocycles. The normalized spacial score (nSPS) is 41.4. The number of hydrogen-bond donors (Lipinski definition) is 1. The molecule has 6 nitrogen and oxygen atoms in total. The van der Waals surface area contributed by atoms with Gasteiger partial charge in [-0.1, -0.05) is 60.6 Å². The molecule has 0 aliphatic heterocycles. The zero-order valence-corrected chi connectivity index (χ0v) is 33.1. The van der Waals surface area contributed by atoms with E-state index in [0.29, 0.717) is 36.0 Å². The largest absolute Gasteiger partial charge is 0.481 e. The van der Waals surface area contributed by atoms with Crippen LogP contribution in [0.4, 0.5) is 0 Å². The van der Waals surface area contributed by atoms with Gasteiger partial charge in [0, 0.05) is 11.8 Å². The molecule has 5 saturated carbocycles. The number of carbonyl (C=O) groups is 3. The Balaban J connectivity index is 1.37. The maximum atomic E-state index is 13.2. The van der Waals surface area contributed by atoms with Gasteiger partial charge in [-0.05, 0) is 155 Å². The lowest BCUT2D eigenvalue weighted by atomic mass is 9.32. The summed E-state index contributed by atoms with van der Waals surface area (Å²) in [7, 11) is 0. The number of fused-ring (bicyclic) bond motifs is 7. The minimum Gasteiger partial charge on any atom is -0.481 e. The number of aliphatic carboxylic acids is 1. The van der Waals surface area contributed by atoms with Crippen LogP contribution in [0.25, 0.3) is 0 Å². The summed E-state index contributed by atoms with van der Waals surface area (Å²) in [5.41, 5.74) is 0.906. The minimum atomic E-state index is -0.882. The van der Waals surface area contributed by atoms with Crippen molar-refractivity contribution in [3.05, 3.63) is 12.2 Å². The van der Waals surface area contributed by atoms with Crippen molar-refractivity contribution in [3.63, 3.8) is 0 Å². The van der Waals surface area contributed by atoms with Crippen LogP contribution in [0.1, 0.15) is 166 Å². The Morgan fingerprint density at radius 3 is 2.06 bits per heavy atom. The van der Waals surface area contributed by atoms with E-state index in [1.54, 1.807) is 0 Å². The van der Waals surface area contributed by atoms with Gasteiger partial charge < -0.3 is 14.6 Å². The molecule has 0 heterocycles. The predicted molar refractivity (Wildman–Crippen MR) is 195 cm³/mol. The molecular formula is C43H70O6. The SMILES string of the molecule is C=C(C)[C@@H]1CC[C@]2(CCC(=O)OC(C)(C)C)CC[C@]3(C)[C@H](CCC4[C@@]5(C)CCC(OC(=O)CC(C)(C)CC(=O)O)C(C)(C)C5CC[C@]43C)C12. The maximum Gasteiger partial charge on any atom is 0.306 e. The highest BCUT2D eigenvalue weighted by Crippen LogP contribution is 2.78. The van der Waals surface area contributed by atoms with Gasteiger partial charge in [-0.15, -0.1) is 0 Å². The summed E-state index contributed by atoms with van der Waals surface area (Å²) >= 11 is 0. The van der Waals surface area contributed by atoms with E-state index in [0.717, 1.165) is 25.7 Å². The lowest BCUT2D eigenvalue weighted by molar-refractivity contribution is -0.250. The van der Waals surface area contributed by atoms with E-state index in [1.165, 1.54) is 50.5 Å². The van der Waals surface area contributed by atoms with Gasteiger partial charge in [0.15, 0.2) is 0 Å². The fourth-order valence-electron chi connectivity index (χ4n) is 13.7. The number of carboxylic acids is 1. The van der Waals surface area contributed by atoms with Crippen molar-refractivity contribution in [2.24, 2.45) is 62.1 Å². The Kier molecular flexibility index (Phi) is 9.93. The van der Waals surface area contributed by atoms with Crippen molar-refractivity contribution in [1.82, 2.24) is 0 Å². The van der Waals surface area contributed by atoms with Gasteiger partial charge in [0.05, 0.1) is 12.8 Å². The number of esters is 2. The van der Waals surface area contributed by atoms with Crippen LogP contribution in [0, 0.1) is 62.1 Å². The van der Waals surface area contributed by atoms with Crippen LogP contribution in [0.15, 0.2) is 12.2 Å². The standard InChI is InChI=1S/C43H70O6/c1-27(2)28-15-21-43(22-18-34(46)49-37(3,4)5)24-23-41(11)29(36(28)43)13-14-31-40(10)19-17-32(39(8,9)30(40)16-20-42(31,41)12)48-35(47)26-38(6,7)25-33(44)45/h28-32,36H,1,13-26H2,2-12H3,(H,44,45)/t28-,29+,30?,31?,32?,36?,40-,41+,42+,43-/m0/s1. The number of carbonyl (C=O) groups excluding carboxylic acids is 2. The van der Waals surface area contributed by atoms with Crippen LogP contribution >= 0.6 is 0 Å². The fraction of sp³-hybridized carbons (Fsp3) is 0.884. The summed E-state index contributed by atoms with van der Waals surface area (Å²) in [6.07, 6.45) is 13.0. The van der Waals surface area contributed by atoms with Crippen LogP contribution in [0.3, 0.4) is 0 Å². The van der Waals surface area contributed by atoms with Crippen LogP contribution in [-0.4, -0.2) is 34.7 Å². The molecule has 6 heteroatoms. The molecule has 0 radical (unpaired) electrons. The minimum absolute atomic E-state index is 0.0459. The first-order valence-corrected chi connectivity index (χ1v) is 19.7. The molecule has 49 heavy (non-hydrogen) atoms. The second-order valence-electron chi connectivity index (χ2n) is 20.9. The summed E-state index contributed by atoms with van der Waals surface area (Å²) in [6, 6.07) is 0. The van der Waals surface area contributed by atoms with Crippen LogP contribution in [-0.2, 0) is 23.9 Å². The Hall–Kier alpha value is -1.85. The van der Waals surface area contributed by atoms with E-state index in [4.69, 9.17) is 9.47 Å². The molecule has 5 fully saturated rings.